The topological polar surface area (TPSA) is 77.8 Å². The highest BCUT2D eigenvalue weighted by Gasteiger charge is 2.24. The predicted octanol–water partition coefficient (Wildman–Crippen LogP) is 1.63. The van der Waals surface area contributed by atoms with Gasteiger partial charge in [-0.25, -0.2) is 4.79 Å². The van der Waals surface area contributed by atoms with Crippen molar-refractivity contribution in [1.29, 1.82) is 0 Å². The molecule has 1 rings (SSSR count). The fourth-order valence-corrected chi connectivity index (χ4v) is 2.45. The summed E-state index contributed by atoms with van der Waals surface area (Å²) in [5.74, 6) is -1.08. The number of hydrogen-bond acceptors (Lipinski definition) is 4. The van der Waals surface area contributed by atoms with E-state index in [2.05, 4.69) is 15.9 Å². The summed E-state index contributed by atoms with van der Waals surface area (Å²) in [4.78, 5) is 10.9. The Labute approximate surface area is 99.3 Å². The van der Waals surface area contributed by atoms with Crippen molar-refractivity contribution in [1.82, 2.24) is 0 Å². The summed E-state index contributed by atoms with van der Waals surface area (Å²) in [6.07, 6.45) is -1.72. The average Bonchev–Trinajstić information content (AvgIpc) is 2.65. The molecule has 0 aliphatic rings. The average molecular weight is 295 g/mol. The number of alkyl halides is 1. The summed E-state index contributed by atoms with van der Waals surface area (Å²) in [5.41, 5.74) is 0.279. The van der Waals surface area contributed by atoms with Crippen LogP contribution in [0, 0.1) is 0 Å². The molecule has 1 aromatic rings. The van der Waals surface area contributed by atoms with E-state index in [1.54, 1.807) is 5.38 Å². The van der Waals surface area contributed by atoms with Gasteiger partial charge in [0, 0.05) is 10.9 Å². The number of aromatic carboxylic acids is 1. The van der Waals surface area contributed by atoms with Gasteiger partial charge in [0.25, 0.3) is 0 Å². The van der Waals surface area contributed by atoms with E-state index in [4.69, 9.17) is 5.11 Å². The van der Waals surface area contributed by atoms with Crippen molar-refractivity contribution in [2.24, 2.45) is 0 Å². The molecule has 0 amide bonds. The van der Waals surface area contributed by atoms with E-state index in [0.717, 1.165) is 11.3 Å². The first-order valence-corrected chi connectivity index (χ1v) is 6.30. The van der Waals surface area contributed by atoms with Crippen LogP contribution in [0.15, 0.2) is 11.4 Å². The van der Waals surface area contributed by atoms with Crippen molar-refractivity contribution in [2.75, 3.05) is 5.33 Å². The summed E-state index contributed by atoms with van der Waals surface area (Å²) in [6, 6.07) is 1.52. The van der Waals surface area contributed by atoms with Crippen LogP contribution in [0.1, 0.15) is 27.8 Å². The third kappa shape index (κ3) is 3.01. The van der Waals surface area contributed by atoms with Crippen molar-refractivity contribution in [3.63, 3.8) is 0 Å². The molecule has 0 aliphatic heterocycles. The van der Waals surface area contributed by atoms with Crippen LogP contribution < -0.4 is 0 Å². The van der Waals surface area contributed by atoms with Gasteiger partial charge in [-0.3, -0.25) is 0 Å². The number of aliphatic hydroxyl groups is 2. The molecule has 0 aliphatic carbocycles. The first-order chi connectivity index (χ1) is 7.07. The Kier molecular flexibility index (Phi) is 4.72. The van der Waals surface area contributed by atoms with E-state index in [0.29, 0.717) is 11.8 Å². The first-order valence-electron chi connectivity index (χ1n) is 4.30. The summed E-state index contributed by atoms with van der Waals surface area (Å²) in [7, 11) is 0. The SMILES string of the molecule is O=C(O)c1sccc1C(O)C(O)CCBr. The quantitative estimate of drug-likeness (QED) is 0.721. The molecule has 0 saturated carbocycles. The van der Waals surface area contributed by atoms with E-state index in [-0.39, 0.29) is 10.4 Å². The van der Waals surface area contributed by atoms with E-state index in [1.807, 2.05) is 0 Å². The lowest BCUT2D eigenvalue weighted by Crippen LogP contribution is -2.19. The van der Waals surface area contributed by atoms with Crippen LogP contribution >= 0.6 is 27.3 Å². The number of halogens is 1. The molecule has 3 N–H and O–H groups in total. The summed E-state index contributed by atoms with van der Waals surface area (Å²) in [5, 5.41) is 30.2. The molecule has 0 saturated heterocycles. The highest BCUT2D eigenvalue weighted by molar-refractivity contribution is 9.09. The zero-order valence-electron chi connectivity index (χ0n) is 7.76. The van der Waals surface area contributed by atoms with Crippen LogP contribution in [-0.4, -0.2) is 32.7 Å². The number of carboxylic acid groups (broad SMARTS) is 1. The fraction of sp³-hybridized carbons (Fsp3) is 0.444. The number of thiophene rings is 1. The van der Waals surface area contributed by atoms with E-state index in [1.165, 1.54) is 6.07 Å². The van der Waals surface area contributed by atoms with Crippen LogP contribution in [0.5, 0.6) is 0 Å². The minimum atomic E-state index is -1.14. The molecule has 6 heteroatoms. The van der Waals surface area contributed by atoms with Gasteiger partial charge in [0.1, 0.15) is 11.0 Å². The molecule has 2 unspecified atom stereocenters. The van der Waals surface area contributed by atoms with Crippen molar-refractivity contribution < 1.29 is 20.1 Å². The fourth-order valence-electron chi connectivity index (χ4n) is 1.20. The molecule has 15 heavy (non-hydrogen) atoms. The van der Waals surface area contributed by atoms with Crippen LogP contribution in [0.4, 0.5) is 0 Å². The monoisotopic (exact) mass is 294 g/mol. The van der Waals surface area contributed by atoms with Gasteiger partial charge in [-0.15, -0.1) is 11.3 Å². The van der Waals surface area contributed by atoms with Gasteiger partial charge in [0.05, 0.1) is 6.10 Å². The van der Waals surface area contributed by atoms with Gasteiger partial charge in [0.2, 0.25) is 0 Å². The van der Waals surface area contributed by atoms with Gasteiger partial charge in [0.15, 0.2) is 0 Å². The molecule has 0 radical (unpaired) electrons. The molecular formula is C9H11BrO4S. The van der Waals surface area contributed by atoms with Crippen LogP contribution in [-0.2, 0) is 0 Å². The smallest absolute Gasteiger partial charge is 0.346 e. The molecule has 0 aromatic carbocycles. The minimum absolute atomic E-state index is 0.0797. The van der Waals surface area contributed by atoms with E-state index >= 15 is 0 Å². The lowest BCUT2D eigenvalue weighted by atomic mass is 10.0. The molecule has 0 bridgehead atoms. The third-order valence-electron chi connectivity index (χ3n) is 1.98. The largest absolute Gasteiger partial charge is 0.477 e. The molecule has 4 nitrogen and oxygen atoms in total. The van der Waals surface area contributed by atoms with Crippen LogP contribution in [0.2, 0.25) is 0 Å². The summed E-state index contributed by atoms with van der Waals surface area (Å²) >= 11 is 4.18. The summed E-state index contributed by atoms with van der Waals surface area (Å²) in [6.45, 7) is 0. The van der Waals surface area contributed by atoms with Crippen molar-refractivity contribution in [3.8, 4) is 0 Å². The van der Waals surface area contributed by atoms with Gasteiger partial charge >= 0.3 is 5.97 Å². The Balaban J connectivity index is 2.85. The molecule has 0 fully saturated rings. The highest BCUT2D eigenvalue weighted by Crippen LogP contribution is 2.27. The Morgan fingerprint density at radius 1 is 1.53 bits per heavy atom. The van der Waals surface area contributed by atoms with E-state index < -0.39 is 18.2 Å². The van der Waals surface area contributed by atoms with Gasteiger partial charge in [-0.1, -0.05) is 15.9 Å². The van der Waals surface area contributed by atoms with Crippen LogP contribution in [0.3, 0.4) is 0 Å². The van der Waals surface area contributed by atoms with Crippen molar-refractivity contribution in [2.45, 2.75) is 18.6 Å². The molecule has 0 spiro atoms. The first kappa shape index (κ1) is 12.6. The predicted molar refractivity (Wildman–Crippen MR) is 60.7 cm³/mol. The summed E-state index contributed by atoms with van der Waals surface area (Å²) < 4.78 is 0. The zero-order chi connectivity index (χ0) is 11.4. The van der Waals surface area contributed by atoms with Crippen LogP contribution in [0.25, 0.3) is 0 Å². The Morgan fingerprint density at radius 3 is 2.73 bits per heavy atom. The van der Waals surface area contributed by atoms with Gasteiger partial charge in [-0.05, 0) is 17.9 Å². The Morgan fingerprint density at radius 2 is 2.20 bits per heavy atom. The lowest BCUT2D eigenvalue weighted by molar-refractivity contribution is 0.0167. The Bertz CT molecular complexity index is 339. The maximum absolute atomic E-state index is 10.8. The standard InChI is InChI=1S/C9H11BrO4S/c10-3-1-6(11)7(12)5-2-4-15-8(5)9(13)14/h2,4,6-7,11-12H,1,3H2,(H,13,14). The van der Waals surface area contributed by atoms with Crippen molar-refractivity contribution in [3.05, 3.63) is 21.9 Å². The zero-order valence-corrected chi connectivity index (χ0v) is 10.2. The molecule has 1 aromatic heterocycles. The Hall–Kier alpha value is -0.430. The molecular weight excluding hydrogens is 284 g/mol. The van der Waals surface area contributed by atoms with Crippen molar-refractivity contribution >= 4 is 33.2 Å². The third-order valence-corrected chi connectivity index (χ3v) is 3.35. The van der Waals surface area contributed by atoms with E-state index in [9.17, 15) is 15.0 Å². The normalized spacial score (nSPS) is 14.9. The minimum Gasteiger partial charge on any atom is -0.477 e. The lowest BCUT2D eigenvalue weighted by Gasteiger charge is -2.16. The second-order valence-electron chi connectivity index (χ2n) is 3.00. The molecule has 2 atom stereocenters. The maximum atomic E-state index is 10.8. The molecule has 1 heterocycles. The number of carbonyl (C=O) groups is 1. The maximum Gasteiger partial charge on any atom is 0.346 e. The van der Waals surface area contributed by atoms with Gasteiger partial charge in [-0.2, -0.15) is 0 Å². The molecule has 84 valence electrons. The number of rotatable bonds is 5. The second-order valence-corrected chi connectivity index (χ2v) is 4.71. The highest BCUT2D eigenvalue weighted by atomic mass is 79.9. The number of aliphatic hydroxyl groups excluding tert-OH is 2. The number of carboxylic acids is 1. The second kappa shape index (κ2) is 5.60. The number of hydrogen-bond donors (Lipinski definition) is 3. The van der Waals surface area contributed by atoms with Gasteiger partial charge < -0.3 is 15.3 Å².